The van der Waals surface area contributed by atoms with Crippen molar-refractivity contribution in [3.8, 4) is 0 Å². The zero-order valence-electron chi connectivity index (χ0n) is 12.5. The number of esters is 1. The monoisotopic (exact) mass is 288 g/mol. The van der Waals surface area contributed by atoms with E-state index in [2.05, 4.69) is 10.3 Å². The number of fused-ring (bicyclic) bond motifs is 1. The van der Waals surface area contributed by atoms with E-state index in [0.29, 0.717) is 0 Å². The zero-order valence-corrected chi connectivity index (χ0v) is 12.5. The highest BCUT2D eigenvalue weighted by atomic mass is 16.5. The summed E-state index contributed by atoms with van der Waals surface area (Å²) in [4.78, 5) is 26.7. The van der Waals surface area contributed by atoms with Gasteiger partial charge in [-0.1, -0.05) is 25.1 Å². The molecular formula is C16H20N2O3. The number of aromatic amines is 1. The minimum absolute atomic E-state index is 0.208. The van der Waals surface area contributed by atoms with Crippen molar-refractivity contribution in [3.63, 3.8) is 0 Å². The second-order valence-electron chi connectivity index (χ2n) is 5.03. The topological polar surface area (TPSA) is 71.2 Å². The summed E-state index contributed by atoms with van der Waals surface area (Å²) in [5, 5.41) is 3.75. The van der Waals surface area contributed by atoms with Crippen molar-refractivity contribution < 1.29 is 14.3 Å². The second-order valence-corrected chi connectivity index (χ2v) is 5.03. The Balaban J connectivity index is 2.29. The van der Waals surface area contributed by atoms with E-state index < -0.39 is 12.0 Å². The fourth-order valence-corrected chi connectivity index (χ4v) is 2.36. The molecule has 5 nitrogen and oxygen atoms in total. The molecule has 2 rings (SSSR count). The van der Waals surface area contributed by atoms with Gasteiger partial charge >= 0.3 is 5.97 Å². The van der Waals surface area contributed by atoms with Crippen molar-refractivity contribution >= 4 is 22.8 Å². The molecule has 1 heterocycles. The molecular weight excluding hydrogens is 268 g/mol. The van der Waals surface area contributed by atoms with Crippen LogP contribution < -0.4 is 5.32 Å². The number of H-pyrrole nitrogens is 1. The highest BCUT2D eigenvalue weighted by Crippen LogP contribution is 2.24. The van der Waals surface area contributed by atoms with E-state index in [-0.39, 0.29) is 18.4 Å². The van der Waals surface area contributed by atoms with Crippen LogP contribution in [0, 0.1) is 0 Å². The zero-order chi connectivity index (χ0) is 15.4. The van der Waals surface area contributed by atoms with Gasteiger partial charge in [-0.2, -0.15) is 0 Å². The maximum absolute atomic E-state index is 12.1. The number of ether oxygens (including phenoxy) is 1. The van der Waals surface area contributed by atoms with E-state index in [9.17, 15) is 9.59 Å². The maximum Gasteiger partial charge on any atom is 0.329 e. The van der Waals surface area contributed by atoms with Gasteiger partial charge in [0.2, 0.25) is 5.91 Å². The van der Waals surface area contributed by atoms with Crippen molar-refractivity contribution in [2.45, 2.75) is 32.7 Å². The molecule has 2 aromatic rings. The molecule has 1 aromatic carbocycles. The van der Waals surface area contributed by atoms with E-state index in [0.717, 1.165) is 16.6 Å². The normalized spacial score (nSPS) is 13.7. The fourth-order valence-electron chi connectivity index (χ4n) is 2.36. The lowest BCUT2D eigenvalue weighted by atomic mass is 9.98. The first-order chi connectivity index (χ1) is 10.0. The third-order valence-electron chi connectivity index (χ3n) is 3.44. The van der Waals surface area contributed by atoms with Crippen molar-refractivity contribution in [1.29, 1.82) is 0 Å². The Kier molecular flexibility index (Phi) is 4.62. The lowest BCUT2D eigenvalue weighted by Gasteiger charge is -2.22. The second kappa shape index (κ2) is 6.43. The lowest BCUT2D eigenvalue weighted by molar-refractivity contribution is -0.147. The molecule has 2 atom stereocenters. The highest BCUT2D eigenvalue weighted by molar-refractivity contribution is 5.85. The van der Waals surface area contributed by atoms with Crippen molar-refractivity contribution in [2.24, 2.45) is 0 Å². The molecule has 2 unspecified atom stereocenters. The summed E-state index contributed by atoms with van der Waals surface area (Å²) in [6.45, 7) is 5.32. The maximum atomic E-state index is 12.1. The molecule has 0 fully saturated rings. The number of carbonyl (C=O) groups is 2. The van der Waals surface area contributed by atoms with E-state index in [1.807, 2.05) is 37.3 Å². The molecule has 0 aliphatic carbocycles. The van der Waals surface area contributed by atoms with Crippen LogP contribution in [0.1, 0.15) is 32.4 Å². The fraction of sp³-hybridized carbons (Fsp3) is 0.375. The van der Waals surface area contributed by atoms with Gasteiger partial charge in [-0.15, -0.1) is 0 Å². The lowest BCUT2D eigenvalue weighted by Crippen LogP contribution is -2.44. The number of amides is 1. The Morgan fingerprint density at radius 2 is 2.05 bits per heavy atom. The number of rotatable bonds is 5. The minimum atomic E-state index is -0.699. The van der Waals surface area contributed by atoms with Crippen LogP contribution in [0.2, 0.25) is 0 Å². The summed E-state index contributed by atoms with van der Waals surface area (Å²) in [6.07, 6.45) is 0. The number of para-hydroxylation sites is 1. The highest BCUT2D eigenvalue weighted by Gasteiger charge is 2.29. The Labute approximate surface area is 123 Å². The summed E-state index contributed by atoms with van der Waals surface area (Å²) in [7, 11) is 0. The first-order valence-corrected chi connectivity index (χ1v) is 7.04. The first-order valence-electron chi connectivity index (χ1n) is 7.04. The molecule has 0 aliphatic heterocycles. The molecule has 0 spiro atoms. The van der Waals surface area contributed by atoms with Gasteiger partial charge < -0.3 is 15.0 Å². The van der Waals surface area contributed by atoms with Gasteiger partial charge in [-0.25, -0.2) is 4.79 Å². The van der Waals surface area contributed by atoms with Gasteiger partial charge in [0.05, 0.1) is 6.61 Å². The molecule has 0 bridgehead atoms. The Morgan fingerprint density at radius 1 is 1.33 bits per heavy atom. The molecule has 0 saturated heterocycles. The molecule has 0 radical (unpaired) electrons. The quantitative estimate of drug-likeness (QED) is 0.830. The van der Waals surface area contributed by atoms with Gasteiger partial charge in [-0.05, 0) is 24.4 Å². The summed E-state index contributed by atoms with van der Waals surface area (Å²) in [5.41, 5.74) is 1.90. The van der Waals surface area contributed by atoms with E-state index >= 15 is 0 Å². The third kappa shape index (κ3) is 3.42. The average Bonchev–Trinajstić information content (AvgIpc) is 2.88. The smallest absolute Gasteiger partial charge is 0.329 e. The van der Waals surface area contributed by atoms with Gasteiger partial charge in [0.25, 0.3) is 0 Å². The molecule has 21 heavy (non-hydrogen) atoms. The Bertz CT molecular complexity index is 615. The SMILES string of the molecule is CCOC(=O)C(NC(C)=O)C(C)c1cc2ccccc2[nH]1. The van der Waals surface area contributed by atoms with Gasteiger partial charge in [0, 0.05) is 24.1 Å². The van der Waals surface area contributed by atoms with E-state index in [4.69, 9.17) is 4.74 Å². The van der Waals surface area contributed by atoms with Crippen LogP contribution in [0.5, 0.6) is 0 Å². The Hall–Kier alpha value is -2.30. The van der Waals surface area contributed by atoms with Crippen LogP contribution in [0.3, 0.4) is 0 Å². The predicted molar refractivity (Wildman–Crippen MR) is 81.0 cm³/mol. The number of hydrogen-bond donors (Lipinski definition) is 2. The standard InChI is InChI=1S/C16H20N2O3/c1-4-21-16(20)15(17-11(3)19)10(2)14-9-12-7-5-6-8-13(12)18-14/h5-10,15,18H,4H2,1-3H3,(H,17,19). The summed E-state index contributed by atoms with van der Waals surface area (Å²) in [5.74, 6) is -0.879. The number of aromatic nitrogens is 1. The summed E-state index contributed by atoms with van der Waals surface area (Å²) in [6, 6.07) is 9.18. The van der Waals surface area contributed by atoms with Crippen LogP contribution >= 0.6 is 0 Å². The number of nitrogens with one attached hydrogen (secondary N) is 2. The molecule has 0 aliphatic rings. The number of carbonyl (C=O) groups excluding carboxylic acids is 2. The van der Waals surface area contributed by atoms with Crippen LogP contribution in [0.15, 0.2) is 30.3 Å². The van der Waals surface area contributed by atoms with Crippen LogP contribution in [-0.2, 0) is 14.3 Å². The largest absolute Gasteiger partial charge is 0.464 e. The van der Waals surface area contributed by atoms with Crippen LogP contribution in [0.25, 0.3) is 10.9 Å². The predicted octanol–water partition coefficient (Wildman–Crippen LogP) is 2.34. The van der Waals surface area contributed by atoms with Gasteiger partial charge in [0.15, 0.2) is 0 Å². The molecule has 5 heteroatoms. The number of benzene rings is 1. The third-order valence-corrected chi connectivity index (χ3v) is 3.44. The average molecular weight is 288 g/mol. The van der Waals surface area contributed by atoms with Gasteiger partial charge in [0.1, 0.15) is 6.04 Å². The molecule has 0 saturated carbocycles. The number of hydrogen-bond acceptors (Lipinski definition) is 3. The molecule has 1 aromatic heterocycles. The van der Waals surface area contributed by atoms with Crippen LogP contribution in [0.4, 0.5) is 0 Å². The molecule has 2 N–H and O–H groups in total. The van der Waals surface area contributed by atoms with Gasteiger partial charge in [-0.3, -0.25) is 4.79 Å². The van der Waals surface area contributed by atoms with E-state index in [1.54, 1.807) is 6.92 Å². The van der Waals surface area contributed by atoms with Crippen molar-refractivity contribution in [1.82, 2.24) is 10.3 Å². The summed E-state index contributed by atoms with van der Waals surface area (Å²) < 4.78 is 5.05. The molecule has 1 amide bonds. The minimum Gasteiger partial charge on any atom is -0.464 e. The first kappa shape index (κ1) is 15.1. The summed E-state index contributed by atoms with van der Waals surface area (Å²) >= 11 is 0. The van der Waals surface area contributed by atoms with E-state index in [1.165, 1.54) is 6.92 Å². The van der Waals surface area contributed by atoms with Crippen molar-refractivity contribution in [3.05, 3.63) is 36.0 Å². The van der Waals surface area contributed by atoms with Crippen LogP contribution in [-0.4, -0.2) is 29.5 Å². The van der Waals surface area contributed by atoms with Crippen molar-refractivity contribution in [2.75, 3.05) is 6.61 Å². The molecule has 112 valence electrons. The Morgan fingerprint density at radius 3 is 2.67 bits per heavy atom.